The lowest BCUT2D eigenvalue weighted by molar-refractivity contribution is -0.143. The van der Waals surface area contributed by atoms with Crippen molar-refractivity contribution in [2.45, 2.75) is 19.2 Å². The number of esters is 1. The molecule has 1 atom stereocenters. The van der Waals surface area contributed by atoms with Gasteiger partial charge >= 0.3 is 12.1 Å². The molecule has 0 N–H and O–H groups in total. The number of alkyl halides is 3. The predicted octanol–water partition coefficient (Wildman–Crippen LogP) is 5.07. The van der Waals surface area contributed by atoms with E-state index in [9.17, 15) is 18.0 Å². The maximum Gasteiger partial charge on any atom is 0.416 e. The van der Waals surface area contributed by atoms with Crippen molar-refractivity contribution >= 4 is 12.0 Å². The zero-order valence-corrected chi connectivity index (χ0v) is 14.7. The Bertz CT molecular complexity index is 982. The summed E-state index contributed by atoms with van der Waals surface area (Å²) in [4.78, 5) is 11.9. The smallest absolute Gasteiger partial charge is 0.416 e. The van der Waals surface area contributed by atoms with Crippen LogP contribution < -0.4 is 0 Å². The van der Waals surface area contributed by atoms with E-state index in [1.165, 1.54) is 18.2 Å². The number of nitrogens with zero attached hydrogens (tertiary/aromatic N) is 2. The fraction of sp³-hybridized carbons (Fsp3) is 0.150. The van der Waals surface area contributed by atoms with E-state index in [4.69, 9.17) is 9.15 Å². The third-order valence-corrected chi connectivity index (χ3v) is 3.73. The minimum atomic E-state index is -4.45. The summed E-state index contributed by atoms with van der Waals surface area (Å²) in [6, 6.07) is 13.7. The molecule has 144 valence electrons. The Kier molecular flexibility index (Phi) is 5.58. The van der Waals surface area contributed by atoms with Crippen LogP contribution in [0.2, 0.25) is 0 Å². The molecular weight excluding hydrogens is 373 g/mol. The molecule has 0 unspecified atom stereocenters. The second-order valence-electron chi connectivity index (χ2n) is 5.85. The van der Waals surface area contributed by atoms with Crippen molar-refractivity contribution in [3.8, 4) is 11.5 Å². The molecule has 3 rings (SSSR count). The largest absolute Gasteiger partial charge is 0.449 e. The fourth-order valence-corrected chi connectivity index (χ4v) is 2.34. The summed E-state index contributed by atoms with van der Waals surface area (Å²) in [5.74, 6) is -0.345. The standard InChI is InChI=1S/C20H15F3N2O3/c1-13(18-24-25-19(28-18)15-7-3-2-4-8-15)27-17(26)11-10-14-6-5-9-16(12-14)20(21,22)23/h2-13H,1H3/b11-10+/t13-/m0/s1. The summed E-state index contributed by atoms with van der Waals surface area (Å²) < 4.78 is 48.8. The second-order valence-corrected chi connectivity index (χ2v) is 5.85. The molecule has 0 bridgehead atoms. The van der Waals surface area contributed by atoms with E-state index in [-0.39, 0.29) is 17.3 Å². The summed E-state index contributed by atoms with van der Waals surface area (Å²) in [5, 5.41) is 7.77. The van der Waals surface area contributed by atoms with Crippen LogP contribution in [-0.4, -0.2) is 16.2 Å². The molecule has 28 heavy (non-hydrogen) atoms. The van der Waals surface area contributed by atoms with Crippen LogP contribution in [0.5, 0.6) is 0 Å². The number of ether oxygens (including phenoxy) is 1. The Morgan fingerprint density at radius 1 is 1.11 bits per heavy atom. The van der Waals surface area contributed by atoms with Crippen LogP contribution in [0.1, 0.15) is 30.0 Å². The van der Waals surface area contributed by atoms with Gasteiger partial charge in [0.05, 0.1) is 5.56 Å². The molecule has 0 aliphatic rings. The van der Waals surface area contributed by atoms with Gasteiger partial charge in [0.15, 0.2) is 6.10 Å². The molecule has 0 aliphatic carbocycles. The highest BCUT2D eigenvalue weighted by molar-refractivity contribution is 5.87. The van der Waals surface area contributed by atoms with E-state index >= 15 is 0 Å². The monoisotopic (exact) mass is 388 g/mol. The summed E-state index contributed by atoms with van der Waals surface area (Å²) in [6.45, 7) is 1.55. The van der Waals surface area contributed by atoms with Gasteiger partial charge in [0.2, 0.25) is 5.89 Å². The van der Waals surface area contributed by atoms with E-state index in [0.717, 1.165) is 23.8 Å². The van der Waals surface area contributed by atoms with Gasteiger partial charge in [-0.1, -0.05) is 30.3 Å². The van der Waals surface area contributed by atoms with Crippen molar-refractivity contribution in [2.24, 2.45) is 0 Å². The zero-order valence-electron chi connectivity index (χ0n) is 14.7. The summed E-state index contributed by atoms with van der Waals surface area (Å²) >= 11 is 0. The van der Waals surface area contributed by atoms with Crippen molar-refractivity contribution in [1.29, 1.82) is 0 Å². The fourth-order valence-electron chi connectivity index (χ4n) is 2.34. The lowest BCUT2D eigenvalue weighted by Gasteiger charge is -2.07. The van der Waals surface area contributed by atoms with Gasteiger partial charge in [-0.3, -0.25) is 0 Å². The molecule has 0 amide bonds. The molecule has 1 heterocycles. The highest BCUT2D eigenvalue weighted by Gasteiger charge is 2.30. The Morgan fingerprint density at radius 2 is 1.86 bits per heavy atom. The number of halogens is 3. The molecule has 0 spiro atoms. The number of carbonyl (C=O) groups is 1. The third-order valence-electron chi connectivity index (χ3n) is 3.73. The second kappa shape index (κ2) is 8.08. The summed E-state index contributed by atoms with van der Waals surface area (Å²) in [5.41, 5.74) is 0.156. The van der Waals surface area contributed by atoms with E-state index in [1.807, 2.05) is 18.2 Å². The van der Waals surface area contributed by atoms with Crippen molar-refractivity contribution in [1.82, 2.24) is 10.2 Å². The van der Waals surface area contributed by atoms with Crippen LogP contribution in [-0.2, 0) is 15.7 Å². The highest BCUT2D eigenvalue weighted by Crippen LogP contribution is 2.29. The summed E-state index contributed by atoms with van der Waals surface area (Å²) in [6.07, 6.45) is -2.98. The normalized spacial score (nSPS) is 12.9. The first-order chi connectivity index (χ1) is 13.3. The number of benzene rings is 2. The van der Waals surface area contributed by atoms with Crippen LogP contribution >= 0.6 is 0 Å². The van der Waals surface area contributed by atoms with Crippen molar-refractivity contribution in [3.63, 3.8) is 0 Å². The van der Waals surface area contributed by atoms with Crippen LogP contribution in [0.4, 0.5) is 13.2 Å². The van der Waals surface area contributed by atoms with Crippen molar-refractivity contribution in [2.75, 3.05) is 0 Å². The number of hydrogen-bond acceptors (Lipinski definition) is 5. The van der Waals surface area contributed by atoms with Crippen LogP contribution in [0.15, 0.2) is 65.1 Å². The molecule has 0 radical (unpaired) electrons. The van der Waals surface area contributed by atoms with Crippen LogP contribution in [0.25, 0.3) is 17.5 Å². The van der Waals surface area contributed by atoms with Gasteiger partial charge < -0.3 is 9.15 Å². The predicted molar refractivity (Wildman–Crippen MR) is 94.7 cm³/mol. The van der Waals surface area contributed by atoms with E-state index in [1.54, 1.807) is 19.1 Å². The average molecular weight is 388 g/mol. The first-order valence-electron chi connectivity index (χ1n) is 8.28. The Morgan fingerprint density at radius 3 is 2.57 bits per heavy atom. The minimum Gasteiger partial charge on any atom is -0.449 e. The van der Waals surface area contributed by atoms with E-state index in [0.29, 0.717) is 0 Å². The van der Waals surface area contributed by atoms with Gasteiger partial charge in [0.25, 0.3) is 5.89 Å². The van der Waals surface area contributed by atoms with Crippen LogP contribution in [0, 0.1) is 0 Å². The SMILES string of the molecule is C[C@H](OC(=O)/C=C/c1cccc(C(F)(F)F)c1)c1nnc(-c2ccccc2)o1. The third kappa shape index (κ3) is 4.85. The van der Waals surface area contributed by atoms with Gasteiger partial charge in [-0.15, -0.1) is 10.2 Å². The first kappa shape index (κ1) is 19.3. The van der Waals surface area contributed by atoms with Crippen molar-refractivity contribution < 1.29 is 27.1 Å². The molecule has 0 saturated carbocycles. The number of hydrogen-bond donors (Lipinski definition) is 0. The van der Waals surface area contributed by atoms with Crippen molar-refractivity contribution in [3.05, 3.63) is 77.7 Å². The maximum atomic E-state index is 12.7. The lowest BCUT2D eigenvalue weighted by atomic mass is 10.1. The maximum absolute atomic E-state index is 12.7. The number of rotatable bonds is 5. The molecule has 2 aromatic carbocycles. The molecular formula is C20H15F3N2O3. The van der Waals surface area contributed by atoms with E-state index in [2.05, 4.69) is 10.2 Å². The molecule has 8 heteroatoms. The molecule has 1 aromatic heterocycles. The van der Waals surface area contributed by atoms with Gasteiger partial charge in [0, 0.05) is 11.6 Å². The topological polar surface area (TPSA) is 65.2 Å². The molecule has 0 fully saturated rings. The molecule has 0 saturated heterocycles. The average Bonchev–Trinajstić information content (AvgIpc) is 3.17. The number of carbonyl (C=O) groups excluding carboxylic acids is 1. The molecule has 3 aromatic rings. The van der Waals surface area contributed by atoms with Crippen LogP contribution in [0.3, 0.4) is 0 Å². The summed E-state index contributed by atoms with van der Waals surface area (Å²) in [7, 11) is 0. The van der Waals surface area contributed by atoms with Gasteiger partial charge in [-0.05, 0) is 42.8 Å². The van der Waals surface area contributed by atoms with Gasteiger partial charge in [0.1, 0.15) is 0 Å². The van der Waals surface area contributed by atoms with Gasteiger partial charge in [-0.25, -0.2) is 4.79 Å². The minimum absolute atomic E-state index is 0.111. The lowest BCUT2D eigenvalue weighted by Crippen LogP contribution is -2.06. The van der Waals surface area contributed by atoms with E-state index < -0.39 is 23.8 Å². The highest BCUT2D eigenvalue weighted by atomic mass is 19.4. The Labute approximate surface area is 158 Å². The Hall–Kier alpha value is -3.42. The Balaban J connectivity index is 1.63. The molecule has 5 nitrogen and oxygen atoms in total. The molecule has 0 aliphatic heterocycles. The van der Waals surface area contributed by atoms with Gasteiger partial charge in [-0.2, -0.15) is 13.2 Å². The quantitative estimate of drug-likeness (QED) is 0.451. The number of aromatic nitrogens is 2. The first-order valence-corrected chi connectivity index (χ1v) is 8.28. The zero-order chi connectivity index (χ0) is 20.1.